The van der Waals surface area contributed by atoms with Gasteiger partial charge in [-0.1, -0.05) is 13.8 Å². The second-order valence-corrected chi connectivity index (χ2v) is 6.68. The zero-order valence-corrected chi connectivity index (χ0v) is 15.7. The van der Waals surface area contributed by atoms with Crippen molar-refractivity contribution < 1.29 is 14.3 Å². The Hall–Kier alpha value is -2.15. The third kappa shape index (κ3) is 3.21. The van der Waals surface area contributed by atoms with Crippen molar-refractivity contribution in [1.82, 2.24) is 9.97 Å². The summed E-state index contributed by atoms with van der Waals surface area (Å²) in [5.41, 5.74) is 3.00. The van der Waals surface area contributed by atoms with Crippen LogP contribution in [0.4, 0.5) is 5.13 Å². The summed E-state index contributed by atoms with van der Waals surface area (Å²) < 4.78 is 4.78. The third-order valence-corrected chi connectivity index (χ3v) is 5.19. The van der Waals surface area contributed by atoms with Crippen molar-refractivity contribution in [2.24, 2.45) is 0 Å². The van der Waals surface area contributed by atoms with Crippen molar-refractivity contribution in [3.05, 3.63) is 33.6 Å². The van der Waals surface area contributed by atoms with E-state index in [-0.39, 0.29) is 5.91 Å². The van der Waals surface area contributed by atoms with Crippen molar-refractivity contribution in [1.29, 1.82) is 0 Å². The Balaban J connectivity index is 2.32. The summed E-state index contributed by atoms with van der Waals surface area (Å²) in [6.45, 7) is 7.71. The first-order chi connectivity index (χ1) is 11.3. The molecule has 0 spiro atoms. The quantitative estimate of drug-likeness (QED) is 0.836. The van der Waals surface area contributed by atoms with Crippen LogP contribution in [0.25, 0.3) is 0 Å². The molecule has 2 rings (SSSR count). The smallest absolute Gasteiger partial charge is 0.339 e. The number of aromatic nitrogens is 2. The van der Waals surface area contributed by atoms with Gasteiger partial charge in [-0.2, -0.15) is 0 Å². The number of ether oxygens (including phenoxy) is 1. The maximum Gasteiger partial charge on any atom is 0.339 e. The molecule has 0 bridgehead atoms. The Kier molecular flexibility index (Phi) is 5.43. The van der Waals surface area contributed by atoms with Gasteiger partial charge in [0.15, 0.2) is 5.13 Å². The molecule has 1 atom stereocenters. The predicted octanol–water partition coefficient (Wildman–Crippen LogP) is 3.66. The van der Waals surface area contributed by atoms with Gasteiger partial charge in [0, 0.05) is 18.1 Å². The van der Waals surface area contributed by atoms with Gasteiger partial charge in [-0.05, 0) is 31.7 Å². The Bertz CT molecular complexity index is 763. The molecule has 1 N–H and O–H groups in total. The molecule has 1 amide bonds. The molecule has 24 heavy (non-hydrogen) atoms. The van der Waals surface area contributed by atoms with Crippen LogP contribution in [0.2, 0.25) is 0 Å². The molecule has 7 heteroatoms. The number of nitrogens with zero attached hydrogens (tertiary/aromatic N) is 2. The van der Waals surface area contributed by atoms with Gasteiger partial charge >= 0.3 is 5.97 Å². The average molecular weight is 349 g/mol. The van der Waals surface area contributed by atoms with Crippen molar-refractivity contribution in [3.63, 3.8) is 0 Å². The number of carbonyl (C=O) groups is 2. The van der Waals surface area contributed by atoms with Gasteiger partial charge in [-0.3, -0.25) is 9.69 Å². The molecular formula is C17H23N3O3S. The minimum Gasteiger partial charge on any atom is -0.465 e. The lowest BCUT2D eigenvalue weighted by atomic mass is 10.1. The number of nitrogens with one attached hydrogen (secondary N) is 1. The highest BCUT2D eigenvalue weighted by Crippen LogP contribution is 2.28. The number of aryl methyl sites for hydroxylation is 1. The first-order valence-electron chi connectivity index (χ1n) is 7.82. The first-order valence-corrected chi connectivity index (χ1v) is 8.70. The third-order valence-electron chi connectivity index (χ3n) is 4.26. The Labute approximate surface area is 145 Å². The largest absolute Gasteiger partial charge is 0.465 e. The van der Waals surface area contributed by atoms with E-state index in [9.17, 15) is 9.59 Å². The highest BCUT2D eigenvalue weighted by molar-refractivity contribution is 7.14. The zero-order chi connectivity index (χ0) is 18.0. The van der Waals surface area contributed by atoms with Gasteiger partial charge in [0.2, 0.25) is 0 Å². The van der Waals surface area contributed by atoms with Crippen molar-refractivity contribution in [2.45, 2.75) is 40.0 Å². The monoisotopic (exact) mass is 349 g/mol. The summed E-state index contributed by atoms with van der Waals surface area (Å²) in [6.07, 6.45) is 0.998. The second kappa shape index (κ2) is 7.17. The molecule has 6 nitrogen and oxygen atoms in total. The van der Waals surface area contributed by atoms with E-state index in [4.69, 9.17) is 4.74 Å². The Morgan fingerprint density at radius 2 is 2.08 bits per heavy atom. The SMILES string of the molecule is CCC(C)c1csc(N(C)C(=O)c2[nH]c(C)c(C(=O)OC)c2C)n1. The van der Waals surface area contributed by atoms with Gasteiger partial charge in [-0.15, -0.1) is 11.3 Å². The predicted molar refractivity (Wildman–Crippen MR) is 95.2 cm³/mol. The number of anilines is 1. The lowest BCUT2D eigenvalue weighted by Crippen LogP contribution is -2.27. The number of rotatable bonds is 5. The van der Waals surface area contributed by atoms with E-state index in [0.29, 0.717) is 33.6 Å². The van der Waals surface area contributed by atoms with E-state index >= 15 is 0 Å². The second-order valence-electron chi connectivity index (χ2n) is 5.84. The van der Waals surface area contributed by atoms with Crippen molar-refractivity contribution >= 4 is 28.3 Å². The maximum atomic E-state index is 12.8. The van der Waals surface area contributed by atoms with Gasteiger partial charge in [0.05, 0.1) is 18.4 Å². The van der Waals surface area contributed by atoms with E-state index in [1.54, 1.807) is 20.9 Å². The van der Waals surface area contributed by atoms with Crippen LogP contribution < -0.4 is 4.90 Å². The van der Waals surface area contributed by atoms with Gasteiger partial charge in [0.1, 0.15) is 5.69 Å². The van der Waals surface area contributed by atoms with Gasteiger partial charge in [-0.25, -0.2) is 9.78 Å². The molecule has 1 unspecified atom stereocenters. The van der Waals surface area contributed by atoms with Crippen LogP contribution in [0.5, 0.6) is 0 Å². The van der Waals surface area contributed by atoms with Crippen LogP contribution >= 0.6 is 11.3 Å². The standard InChI is InChI=1S/C17H23N3O3S/c1-7-9(2)12-8-24-17(19-12)20(5)15(21)14-10(3)13(11(4)18-14)16(22)23-6/h8-9,18H,7H2,1-6H3. The minimum absolute atomic E-state index is 0.226. The molecule has 0 fully saturated rings. The Morgan fingerprint density at radius 1 is 1.42 bits per heavy atom. The van der Waals surface area contributed by atoms with Crippen LogP contribution in [0.1, 0.15) is 64.0 Å². The number of H-pyrrole nitrogens is 1. The molecule has 2 aromatic heterocycles. The van der Waals surface area contributed by atoms with Crippen LogP contribution in [0, 0.1) is 13.8 Å². The van der Waals surface area contributed by atoms with E-state index < -0.39 is 5.97 Å². The highest BCUT2D eigenvalue weighted by Gasteiger charge is 2.26. The fourth-order valence-corrected chi connectivity index (χ4v) is 3.40. The average Bonchev–Trinajstić information content (AvgIpc) is 3.17. The van der Waals surface area contributed by atoms with Crippen molar-refractivity contribution in [2.75, 3.05) is 19.1 Å². The van der Waals surface area contributed by atoms with E-state index in [0.717, 1.165) is 12.1 Å². The number of amides is 1. The maximum absolute atomic E-state index is 12.8. The molecule has 2 aromatic rings. The Morgan fingerprint density at radius 3 is 2.67 bits per heavy atom. The molecule has 130 valence electrons. The van der Waals surface area contributed by atoms with E-state index in [2.05, 4.69) is 23.8 Å². The van der Waals surface area contributed by atoms with Crippen molar-refractivity contribution in [3.8, 4) is 0 Å². The van der Waals surface area contributed by atoms with E-state index in [1.165, 1.54) is 23.3 Å². The molecule has 0 aliphatic heterocycles. The molecule has 0 aliphatic carbocycles. The lowest BCUT2D eigenvalue weighted by molar-refractivity contribution is 0.0599. The number of thiazole rings is 1. The molecule has 0 aliphatic rings. The number of esters is 1. The van der Waals surface area contributed by atoms with E-state index in [1.807, 2.05) is 5.38 Å². The fourth-order valence-electron chi connectivity index (χ4n) is 2.49. The molecule has 2 heterocycles. The van der Waals surface area contributed by atoms with Gasteiger partial charge < -0.3 is 9.72 Å². The fraction of sp³-hybridized carbons (Fsp3) is 0.471. The first kappa shape index (κ1) is 18.2. The number of hydrogen-bond donors (Lipinski definition) is 1. The zero-order valence-electron chi connectivity index (χ0n) is 14.9. The van der Waals surface area contributed by atoms with Crippen LogP contribution in [0.15, 0.2) is 5.38 Å². The molecule has 0 aromatic carbocycles. The lowest BCUT2D eigenvalue weighted by Gasteiger charge is -2.13. The number of methoxy groups -OCH3 is 1. The number of hydrogen-bond acceptors (Lipinski definition) is 5. The van der Waals surface area contributed by atoms with Crippen LogP contribution in [-0.4, -0.2) is 36.0 Å². The molecular weight excluding hydrogens is 326 g/mol. The molecule has 0 saturated carbocycles. The summed E-state index contributed by atoms with van der Waals surface area (Å²) in [5.74, 6) is -0.314. The number of aromatic amines is 1. The summed E-state index contributed by atoms with van der Waals surface area (Å²) in [7, 11) is 3.02. The topological polar surface area (TPSA) is 75.3 Å². The summed E-state index contributed by atoms with van der Waals surface area (Å²) in [4.78, 5) is 33.7. The highest BCUT2D eigenvalue weighted by atomic mass is 32.1. The normalized spacial score (nSPS) is 12.1. The molecule has 0 radical (unpaired) electrons. The molecule has 0 saturated heterocycles. The van der Waals surface area contributed by atoms with Gasteiger partial charge in [0.25, 0.3) is 5.91 Å². The summed E-state index contributed by atoms with van der Waals surface area (Å²) in [5, 5.41) is 2.63. The van der Waals surface area contributed by atoms with Crippen LogP contribution in [0.3, 0.4) is 0 Å². The summed E-state index contributed by atoms with van der Waals surface area (Å²) >= 11 is 1.44. The van der Waals surface area contributed by atoms with Crippen LogP contribution in [-0.2, 0) is 4.74 Å². The summed E-state index contributed by atoms with van der Waals surface area (Å²) in [6, 6.07) is 0. The number of carbonyl (C=O) groups excluding carboxylic acids is 2. The minimum atomic E-state index is -0.448.